The number of anilines is 1. The van der Waals surface area contributed by atoms with Crippen LogP contribution in [0.4, 0.5) is 5.69 Å². The van der Waals surface area contributed by atoms with Crippen molar-refractivity contribution >= 4 is 5.69 Å². The summed E-state index contributed by atoms with van der Waals surface area (Å²) < 4.78 is 4.96. The van der Waals surface area contributed by atoms with Gasteiger partial charge in [0.1, 0.15) is 0 Å². The topological polar surface area (TPSA) is 63.0 Å². The summed E-state index contributed by atoms with van der Waals surface area (Å²) in [6.07, 6.45) is 4.61. The number of aromatic nitrogens is 2. The summed E-state index contributed by atoms with van der Waals surface area (Å²) >= 11 is 0. The molecule has 2 aromatic rings. The van der Waals surface area contributed by atoms with Crippen LogP contribution in [-0.4, -0.2) is 23.2 Å². The first-order chi connectivity index (χ1) is 9.43. The van der Waals surface area contributed by atoms with Gasteiger partial charge in [0.05, 0.1) is 0 Å². The van der Waals surface area contributed by atoms with E-state index >= 15 is 0 Å². The number of nitrogens with zero attached hydrogens (tertiary/aromatic N) is 2. The zero-order chi connectivity index (χ0) is 12.9. The Balaban J connectivity index is 1.55. The second kappa shape index (κ2) is 5.84. The van der Waals surface area contributed by atoms with Crippen LogP contribution in [0.1, 0.15) is 23.4 Å². The van der Waals surface area contributed by atoms with E-state index in [0.717, 1.165) is 26.1 Å². The molecule has 0 saturated carbocycles. The third-order valence-corrected chi connectivity index (χ3v) is 3.40. The molecule has 0 saturated heterocycles. The first-order valence-corrected chi connectivity index (χ1v) is 6.74. The fourth-order valence-corrected chi connectivity index (χ4v) is 2.45. The molecule has 0 spiro atoms. The number of para-hydroxylation sites is 1. The van der Waals surface area contributed by atoms with Gasteiger partial charge in [-0.2, -0.15) is 4.98 Å². The SMILES string of the molecule is c1cc2c(c(CNCCc3ncno3)c1)NCCC2. The highest BCUT2D eigenvalue weighted by atomic mass is 16.5. The number of hydrogen-bond donors (Lipinski definition) is 2. The summed E-state index contributed by atoms with van der Waals surface area (Å²) in [5.74, 6) is 0.681. The minimum atomic E-state index is 0.681. The molecule has 2 heterocycles. The van der Waals surface area contributed by atoms with Crippen molar-refractivity contribution in [2.75, 3.05) is 18.4 Å². The van der Waals surface area contributed by atoms with Crippen LogP contribution in [-0.2, 0) is 19.4 Å². The molecule has 0 unspecified atom stereocenters. The molecule has 0 fully saturated rings. The predicted octanol–water partition coefficient (Wildman–Crippen LogP) is 1.76. The lowest BCUT2D eigenvalue weighted by Crippen LogP contribution is -2.20. The zero-order valence-corrected chi connectivity index (χ0v) is 10.9. The predicted molar refractivity (Wildman–Crippen MR) is 73.0 cm³/mol. The van der Waals surface area contributed by atoms with Gasteiger partial charge in [0.2, 0.25) is 5.89 Å². The van der Waals surface area contributed by atoms with Gasteiger partial charge >= 0.3 is 0 Å². The highest BCUT2D eigenvalue weighted by Crippen LogP contribution is 2.25. The third kappa shape index (κ3) is 2.93. The van der Waals surface area contributed by atoms with Gasteiger partial charge in [-0.1, -0.05) is 23.4 Å². The average Bonchev–Trinajstić information content (AvgIpc) is 2.97. The molecule has 1 aromatic carbocycles. The number of rotatable bonds is 5. The molecule has 0 radical (unpaired) electrons. The number of nitrogens with one attached hydrogen (secondary N) is 2. The van der Waals surface area contributed by atoms with Crippen LogP contribution in [0.2, 0.25) is 0 Å². The van der Waals surface area contributed by atoms with Crippen LogP contribution >= 0.6 is 0 Å². The van der Waals surface area contributed by atoms with Gasteiger partial charge in [-0.15, -0.1) is 0 Å². The van der Waals surface area contributed by atoms with Crippen molar-refractivity contribution in [3.05, 3.63) is 41.5 Å². The molecule has 1 aliphatic heterocycles. The summed E-state index contributed by atoms with van der Waals surface area (Å²) in [7, 11) is 0. The van der Waals surface area contributed by atoms with E-state index in [2.05, 4.69) is 39.0 Å². The second-order valence-corrected chi connectivity index (χ2v) is 4.74. The quantitative estimate of drug-likeness (QED) is 0.800. The molecule has 5 heteroatoms. The van der Waals surface area contributed by atoms with Gasteiger partial charge in [0, 0.05) is 31.7 Å². The molecule has 0 aliphatic carbocycles. The lowest BCUT2D eigenvalue weighted by molar-refractivity contribution is 0.375. The number of benzene rings is 1. The van der Waals surface area contributed by atoms with E-state index in [9.17, 15) is 0 Å². The molecule has 0 amide bonds. The van der Waals surface area contributed by atoms with Crippen molar-refractivity contribution in [1.29, 1.82) is 0 Å². The number of hydrogen-bond acceptors (Lipinski definition) is 5. The van der Waals surface area contributed by atoms with Gasteiger partial charge < -0.3 is 15.2 Å². The Morgan fingerprint density at radius 3 is 3.26 bits per heavy atom. The summed E-state index contributed by atoms with van der Waals surface area (Å²) in [6, 6.07) is 6.53. The fourth-order valence-electron chi connectivity index (χ4n) is 2.45. The Labute approximate surface area is 112 Å². The van der Waals surface area contributed by atoms with E-state index in [1.165, 1.54) is 36.0 Å². The summed E-state index contributed by atoms with van der Waals surface area (Å²) in [6.45, 7) is 2.78. The lowest BCUT2D eigenvalue weighted by atomic mass is 9.99. The Bertz CT molecular complexity index is 524. The minimum Gasteiger partial charge on any atom is -0.385 e. The van der Waals surface area contributed by atoms with Crippen LogP contribution in [0.5, 0.6) is 0 Å². The highest BCUT2D eigenvalue weighted by molar-refractivity contribution is 5.59. The molecule has 100 valence electrons. The second-order valence-electron chi connectivity index (χ2n) is 4.74. The monoisotopic (exact) mass is 258 g/mol. The van der Waals surface area contributed by atoms with E-state index in [4.69, 9.17) is 4.52 Å². The molecule has 3 rings (SSSR count). The van der Waals surface area contributed by atoms with Gasteiger partial charge in [0.25, 0.3) is 0 Å². The van der Waals surface area contributed by atoms with Crippen molar-refractivity contribution in [2.45, 2.75) is 25.8 Å². The maximum atomic E-state index is 4.96. The first kappa shape index (κ1) is 12.2. The van der Waals surface area contributed by atoms with E-state index < -0.39 is 0 Å². The van der Waals surface area contributed by atoms with E-state index in [-0.39, 0.29) is 0 Å². The molecule has 0 atom stereocenters. The van der Waals surface area contributed by atoms with Gasteiger partial charge in [0.15, 0.2) is 6.33 Å². The lowest BCUT2D eigenvalue weighted by Gasteiger charge is -2.21. The summed E-state index contributed by atoms with van der Waals surface area (Å²) in [5.41, 5.74) is 4.09. The molecule has 19 heavy (non-hydrogen) atoms. The van der Waals surface area contributed by atoms with Crippen molar-refractivity contribution in [1.82, 2.24) is 15.5 Å². The Morgan fingerprint density at radius 1 is 1.37 bits per heavy atom. The normalized spacial score (nSPS) is 13.9. The van der Waals surface area contributed by atoms with E-state index in [1.807, 2.05) is 0 Å². The fraction of sp³-hybridized carbons (Fsp3) is 0.429. The molecular formula is C14H18N4O. The van der Waals surface area contributed by atoms with Crippen molar-refractivity contribution in [3.8, 4) is 0 Å². The van der Waals surface area contributed by atoms with Gasteiger partial charge in [-0.05, 0) is 24.0 Å². The molecule has 0 bridgehead atoms. The smallest absolute Gasteiger partial charge is 0.227 e. The van der Waals surface area contributed by atoms with E-state index in [0.29, 0.717) is 5.89 Å². The minimum absolute atomic E-state index is 0.681. The van der Waals surface area contributed by atoms with Crippen LogP contribution in [0.3, 0.4) is 0 Å². The summed E-state index contributed by atoms with van der Waals surface area (Å²) in [4.78, 5) is 4.00. The number of aryl methyl sites for hydroxylation is 1. The first-order valence-electron chi connectivity index (χ1n) is 6.74. The Hall–Kier alpha value is -1.88. The van der Waals surface area contributed by atoms with Crippen LogP contribution in [0.25, 0.3) is 0 Å². The van der Waals surface area contributed by atoms with Crippen LogP contribution in [0.15, 0.2) is 29.0 Å². The van der Waals surface area contributed by atoms with Gasteiger partial charge in [-0.3, -0.25) is 0 Å². The number of fused-ring (bicyclic) bond motifs is 1. The molecule has 1 aliphatic rings. The van der Waals surface area contributed by atoms with Crippen LogP contribution in [0, 0.1) is 0 Å². The molecule has 2 N–H and O–H groups in total. The van der Waals surface area contributed by atoms with Crippen molar-refractivity contribution in [2.24, 2.45) is 0 Å². The Morgan fingerprint density at radius 2 is 2.37 bits per heavy atom. The molecular weight excluding hydrogens is 240 g/mol. The third-order valence-electron chi connectivity index (χ3n) is 3.40. The molecule has 1 aromatic heterocycles. The largest absolute Gasteiger partial charge is 0.385 e. The Kier molecular flexibility index (Phi) is 3.74. The molecule has 5 nitrogen and oxygen atoms in total. The zero-order valence-electron chi connectivity index (χ0n) is 10.9. The van der Waals surface area contributed by atoms with Crippen molar-refractivity contribution in [3.63, 3.8) is 0 Å². The van der Waals surface area contributed by atoms with E-state index in [1.54, 1.807) is 0 Å². The maximum absolute atomic E-state index is 4.96. The van der Waals surface area contributed by atoms with Crippen LogP contribution < -0.4 is 10.6 Å². The average molecular weight is 258 g/mol. The van der Waals surface area contributed by atoms with Gasteiger partial charge in [-0.25, -0.2) is 0 Å². The summed E-state index contributed by atoms with van der Waals surface area (Å²) in [5, 5.41) is 10.5. The van der Waals surface area contributed by atoms with Crippen molar-refractivity contribution < 1.29 is 4.52 Å². The highest BCUT2D eigenvalue weighted by Gasteiger charge is 2.11. The maximum Gasteiger partial charge on any atom is 0.227 e. The standard InChI is InChI=1S/C14H18N4O/c1-3-11-5-2-7-16-14(11)12(4-1)9-15-8-6-13-17-10-18-19-13/h1,3-4,10,15-16H,2,5-9H2.